The minimum Gasteiger partial charge on any atom is -0.494 e. The Morgan fingerprint density at radius 1 is 0.833 bits per heavy atom. The fourth-order valence-corrected chi connectivity index (χ4v) is 2.87. The van der Waals surface area contributed by atoms with E-state index in [-0.39, 0.29) is 0 Å². The van der Waals surface area contributed by atoms with E-state index in [2.05, 4.69) is 46.0 Å². The average Bonchev–Trinajstić information content (AvgIpc) is 3.17. The second kappa shape index (κ2) is 8.57. The van der Waals surface area contributed by atoms with E-state index in [1.165, 1.54) is 22.7 Å². The molecule has 5 heteroatoms. The lowest BCUT2D eigenvalue weighted by Gasteiger charge is -2.08. The Hall–Kier alpha value is -2.24. The molecule has 0 unspecified atom stereocenters. The Morgan fingerprint density at radius 3 is 2.08 bits per heavy atom. The van der Waals surface area contributed by atoms with Crippen LogP contribution >= 0.6 is 11.5 Å². The van der Waals surface area contributed by atoms with Crippen molar-refractivity contribution >= 4 is 11.5 Å². The molecule has 0 fully saturated rings. The van der Waals surface area contributed by atoms with Gasteiger partial charge in [-0.25, -0.2) is 0 Å². The van der Waals surface area contributed by atoms with E-state index >= 15 is 0 Å². The Bertz CT molecular complexity index is 725. The largest absolute Gasteiger partial charge is 0.494 e. The summed E-state index contributed by atoms with van der Waals surface area (Å²) < 4.78 is 14.7. The predicted octanol–water partition coefficient (Wildman–Crippen LogP) is 4.68. The predicted molar refractivity (Wildman–Crippen MR) is 97.4 cm³/mol. The summed E-state index contributed by atoms with van der Waals surface area (Å²) in [6, 6.07) is 16.6. The molecule has 3 rings (SSSR count). The van der Waals surface area contributed by atoms with Crippen molar-refractivity contribution in [2.75, 3.05) is 20.3 Å². The van der Waals surface area contributed by atoms with Crippen molar-refractivity contribution in [3.05, 3.63) is 53.9 Å². The van der Waals surface area contributed by atoms with Crippen molar-refractivity contribution in [3.63, 3.8) is 0 Å². The Morgan fingerprint density at radius 2 is 1.46 bits per heavy atom. The molecule has 0 N–H and O–H groups in total. The van der Waals surface area contributed by atoms with Gasteiger partial charge in [-0.05, 0) is 47.6 Å². The van der Waals surface area contributed by atoms with Crippen LogP contribution in [0, 0.1) is 0 Å². The maximum atomic E-state index is 5.74. The highest BCUT2D eigenvalue weighted by molar-refractivity contribution is 7.03. The lowest BCUT2D eigenvalue weighted by Crippen LogP contribution is -1.99. The molecule has 24 heavy (non-hydrogen) atoms. The van der Waals surface area contributed by atoms with E-state index < -0.39 is 0 Å². The SMILES string of the molecule is COCCCCOc1ccc(-c2ccc(-c3csnn3)cc2)cc1. The number of methoxy groups -OCH3 is 1. The minimum atomic E-state index is 0.721. The Labute approximate surface area is 146 Å². The summed E-state index contributed by atoms with van der Waals surface area (Å²) in [7, 11) is 1.72. The number of hydrogen-bond acceptors (Lipinski definition) is 5. The topological polar surface area (TPSA) is 44.2 Å². The van der Waals surface area contributed by atoms with E-state index in [1.54, 1.807) is 7.11 Å². The van der Waals surface area contributed by atoms with E-state index in [4.69, 9.17) is 9.47 Å². The molecule has 0 spiro atoms. The fraction of sp³-hybridized carbons (Fsp3) is 0.263. The normalized spacial score (nSPS) is 10.7. The second-order valence-corrected chi connectivity index (χ2v) is 6.05. The number of hydrogen-bond donors (Lipinski definition) is 0. The van der Waals surface area contributed by atoms with E-state index in [0.29, 0.717) is 0 Å². The molecule has 0 aliphatic carbocycles. The second-order valence-electron chi connectivity index (χ2n) is 5.44. The monoisotopic (exact) mass is 340 g/mol. The third kappa shape index (κ3) is 4.40. The molecule has 0 saturated carbocycles. The molecule has 1 aromatic heterocycles. The van der Waals surface area contributed by atoms with Crippen LogP contribution in [0.2, 0.25) is 0 Å². The third-order valence-corrected chi connectivity index (χ3v) is 4.24. The molecular formula is C19H20N2O2S. The Kier molecular flexibility index (Phi) is 5.93. The number of rotatable bonds is 8. The van der Waals surface area contributed by atoms with E-state index in [9.17, 15) is 0 Å². The van der Waals surface area contributed by atoms with Gasteiger partial charge in [-0.1, -0.05) is 40.9 Å². The van der Waals surface area contributed by atoms with E-state index in [1.807, 2.05) is 17.5 Å². The third-order valence-electron chi connectivity index (χ3n) is 3.74. The van der Waals surface area contributed by atoms with Crippen LogP contribution < -0.4 is 4.74 Å². The Balaban J connectivity index is 1.59. The summed E-state index contributed by atoms with van der Waals surface area (Å²) in [6.07, 6.45) is 2.03. The van der Waals surface area contributed by atoms with Crippen LogP contribution in [0.4, 0.5) is 0 Å². The molecule has 124 valence electrons. The molecule has 0 saturated heterocycles. The van der Waals surface area contributed by atoms with Crippen molar-refractivity contribution in [2.24, 2.45) is 0 Å². The summed E-state index contributed by atoms with van der Waals surface area (Å²) in [5.41, 5.74) is 4.35. The lowest BCUT2D eigenvalue weighted by atomic mass is 10.0. The zero-order valence-corrected chi connectivity index (χ0v) is 14.5. The lowest BCUT2D eigenvalue weighted by molar-refractivity contribution is 0.184. The number of unbranched alkanes of at least 4 members (excludes halogenated alkanes) is 1. The van der Waals surface area contributed by atoms with Crippen molar-refractivity contribution in [3.8, 4) is 28.1 Å². The van der Waals surface area contributed by atoms with Crippen LogP contribution in [0.3, 0.4) is 0 Å². The van der Waals surface area contributed by atoms with Gasteiger partial charge in [0.1, 0.15) is 11.4 Å². The summed E-state index contributed by atoms with van der Waals surface area (Å²) >= 11 is 1.37. The van der Waals surface area contributed by atoms with Crippen LogP contribution in [0.15, 0.2) is 53.9 Å². The van der Waals surface area contributed by atoms with Crippen LogP contribution in [0.1, 0.15) is 12.8 Å². The first-order chi connectivity index (χ1) is 11.9. The molecule has 1 heterocycles. The molecule has 0 amide bonds. The molecule has 3 aromatic rings. The smallest absolute Gasteiger partial charge is 0.119 e. The number of aromatic nitrogens is 2. The molecule has 0 radical (unpaired) electrons. The molecule has 0 atom stereocenters. The zero-order valence-electron chi connectivity index (χ0n) is 13.6. The molecule has 0 bridgehead atoms. The quantitative estimate of drug-likeness (QED) is 0.559. The maximum Gasteiger partial charge on any atom is 0.119 e. The van der Waals surface area contributed by atoms with Gasteiger partial charge in [0.15, 0.2) is 0 Å². The maximum absolute atomic E-state index is 5.74. The summed E-state index contributed by atoms with van der Waals surface area (Å²) in [5, 5.41) is 6.04. The van der Waals surface area contributed by atoms with Crippen LogP contribution in [-0.2, 0) is 4.74 Å². The van der Waals surface area contributed by atoms with Crippen molar-refractivity contribution in [1.82, 2.24) is 9.59 Å². The van der Waals surface area contributed by atoms with Crippen molar-refractivity contribution < 1.29 is 9.47 Å². The fourth-order valence-electron chi connectivity index (χ4n) is 2.41. The number of nitrogens with zero attached hydrogens (tertiary/aromatic N) is 2. The van der Waals surface area contributed by atoms with Crippen molar-refractivity contribution in [2.45, 2.75) is 12.8 Å². The van der Waals surface area contributed by atoms with Gasteiger partial charge in [-0.2, -0.15) is 0 Å². The molecule has 2 aromatic carbocycles. The number of benzene rings is 2. The summed E-state index contributed by atoms with van der Waals surface area (Å²) in [4.78, 5) is 0. The average molecular weight is 340 g/mol. The van der Waals surface area contributed by atoms with Gasteiger partial charge >= 0.3 is 0 Å². The summed E-state index contributed by atoms with van der Waals surface area (Å²) in [6.45, 7) is 1.51. The van der Waals surface area contributed by atoms with Gasteiger partial charge in [0.2, 0.25) is 0 Å². The summed E-state index contributed by atoms with van der Waals surface area (Å²) in [5.74, 6) is 0.904. The molecule has 4 nitrogen and oxygen atoms in total. The molecular weight excluding hydrogens is 320 g/mol. The number of ether oxygens (including phenoxy) is 2. The van der Waals surface area contributed by atoms with Crippen LogP contribution in [0.25, 0.3) is 22.4 Å². The first kappa shape index (κ1) is 16.6. The minimum absolute atomic E-state index is 0.721. The first-order valence-corrected chi connectivity index (χ1v) is 8.80. The van der Waals surface area contributed by atoms with Crippen LogP contribution in [-0.4, -0.2) is 29.9 Å². The van der Waals surface area contributed by atoms with Gasteiger partial charge in [0.25, 0.3) is 0 Å². The van der Waals surface area contributed by atoms with Gasteiger partial charge in [-0.15, -0.1) is 5.10 Å². The van der Waals surface area contributed by atoms with Gasteiger partial charge in [0.05, 0.1) is 6.61 Å². The highest BCUT2D eigenvalue weighted by atomic mass is 32.1. The van der Waals surface area contributed by atoms with Gasteiger partial charge < -0.3 is 9.47 Å². The van der Waals surface area contributed by atoms with Gasteiger partial charge in [0, 0.05) is 24.7 Å². The standard InChI is InChI=1S/C19H20N2O2S/c1-22-12-2-3-13-23-18-10-8-16(9-11-18)15-4-6-17(7-5-15)19-14-24-21-20-19/h4-11,14H,2-3,12-13H2,1H3. The van der Waals surface area contributed by atoms with Crippen LogP contribution in [0.5, 0.6) is 5.75 Å². The van der Waals surface area contributed by atoms with Gasteiger partial charge in [-0.3, -0.25) is 0 Å². The highest BCUT2D eigenvalue weighted by Crippen LogP contribution is 2.25. The molecule has 0 aliphatic heterocycles. The highest BCUT2D eigenvalue weighted by Gasteiger charge is 2.03. The zero-order chi connectivity index (χ0) is 16.6. The van der Waals surface area contributed by atoms with Crippen molar-refractivity contribution in [1.29, 1.82) is 0 Å². The first-order valence-electron chi connectivity index (χ1n) is 7.96. The molecule has 0 aliphatic rings. The van der Waals surface area contributed by atoms with E-state index in [0.717, 1.165) is 43.1 Å².